The normalized spacial score (nSPS) is 22.7. The molecule has 8 heteroatoms. The van der Waals surface area contributed by atoms with Gasteiger partial charge in [0.15, 0.2) is 0 Å². The summed E-state index contributed by atoms with van der Waals surface area (Å²) in [7, 11) is 0. The molecule has 3 rings (SSSR count). The highest BCUT2D eigenvalue weighted by atomic mass is 16.5. The minimum Gasteiger partial charge on any atom is -0.494 e. The summed E-state index contributed by atoms with van der Waals surface area (Å²) in [5, 5.41) is 2.97. The first-order chi connectivity index (χ1) is 13.5. The Bertz CT molecular complexity index is 713. The van der Waals surface area contributed by atoms with E-state index in [0.29, 0.717) is 50.9 Å². The number of primary amides is 1. The van der Waals surface area contributed by atoms with E-state index in [1.165, 1.54) is 0 Å². The van der Waals surface area contributed by atoms with Crippen LogP contribution in [-0.4, -0.2) is 60.6 Å². The van der Waals surface area contributed by atoms with E-state index in [1.54, 1.807) is 29.2 Å². The van der Waals surface area contributed by atoms with Crippen molar-refractivity contribution in [3.05, 3.63) is 29.8 Å². The molecule has 0 saturated carbocycles. The molecule has 8 nitrogen and oxygen atoms in total. The van der Waals surface area contributed by atoms with Crippen LogP contribution in [0.2, 0.25) is 0 Å². The molecule has 2 saturated heterocycles. The van der Waals surface area contributed by atoms with Crippen LogP contribution < -0.4 is 15.8 Å². The molecule has 2 aliphatic heterocycles. The van der Waals surface area contributed by atoms with Crippen molar-refractivity contribution in [2.24, 2.45) is 5.73 Å². The largest absolute Gasteiger partial charge is 0.494 e. The molecule has 2 aliphatic rings. The molecular weight excluding hydrogens is 362 g/mol. The molecule has 28 heavy (non-hydrogen) atoms. The molecule has 1 aromatic rings. The van der Waals surface area contributed by atoms with Crippen molar-refractivity contribution in [2.75, 3.05) is 19.7 Å². The van der Waals surface area contributed by atoms with Gasteiger partial charge < -0.3 is 25.4 Å². The summed E-state index contributed by atoms with van der Waals surface area (Å²) in [6.07, 6.45) is 1.03. The Balaban J connectivity index is 1.45. The van der Waals surface area contributed by atoms with Gasteiger partial charge in [0.1, 0.15) is 18.0 Å². The summed E-state index contributed by atoms with van der Waals surface area (Å²) in [6.45, 7) is 3.65. The van der Waals surface area contributed by atoms with E-state index in [2.05, 4.69) is 5.32 Å². The van der Waals surface area contributed by atoms with Gasteiger partial charge in [-0.15, -0.1) is 0 Å². The molecule has 0 bridgehead atoms. The monoisotopic (exact) mass is 389 g/mol. The molecule has 0 aromatic heterocycles. The van der Waals surface area contributed by atoms with Crippen LogP contribution in [0.4, 0.5) is 0 Å². The number of benzene rings is 1. The van der Waals surface area contributed by atoms with Gasteiger partial charge >= 0.3 is 0 Å². The fourth-order valence-corrected chi connectivity index (χ4v) is 3.60. The van der Waals surface area contributed by atoms with Crippen LogP contribution in [0.5, 0.6) is 5.75 Å². The third-order valence-electron chi connectivity index (χ3n) is 5.17. The van der Waals surface area contributed by atoms with Gasteiger partial charge in [-0.1, -0.05) is 0 Å². The molecule has 0 radical (unpaired) electrons. The Morgan fingerprint density at radius 2 is 1.75 bits per heavy atom. The first kappa shape index (κ1) is 20.1. The number of rotatable bonds is 6. The Hall–Kier alpha value is -2.61. The maximum absolute atomic E-state index is 12.6. The van der Waals surface area contributed by atoms with E-state index >= 15 is 0 Å². The molecule has 152 valence electrons. The summed E-state index contributed by atoms with van der Waals surface area (Å²) >= 11 is 0. The number of nitrogens with zero attached hydrogens (tertiary/aromatic N) is 1. The van der Waals surface area contributed by atoms with Crippen LogP contribution in [0.25, 0.3) is 0 Å². The van der Waals surface area contributed by atoms with E-state index in [-0.39, 0.29) is 17.9 Å². The van der Waals surface area contributed by atoms with Crippen LogP contribution in [0.1, 0.15) is 43.0 Å². The van der Waals surface area contributed by atoms with Gasteiger partial charge in [0, 0.05) is 24.7 Å². The van der Waals surface area contributed by atoms with Crippen LogP contribution >= 0.6 is 0 Å². The lowest BCUT2D eigenvalue weighted by atomic mass is 10.0. The number of carbonyl (C=O) groups is 3. The lowest BCUT2D eigenvalue weighted by Gasteiger charge is -2.33. The first-order valence-electron chi connectivity index (χ1n) is 9.75. The maximum Gasteiger partial charge on any atom is 0.253 e. The Kier molecular flexibility index (Phi) is 6.51. The van der Waals surface area contributed by atoms with Crippen molar-refractivity contribution in [3.8, 4) is 5.75 Å². The molecule has 3 amide bonds. The van der Waals surface area contributed by atoms with E-state index in [4.69, 9.17) is 15.2 Å². The number of likely N-dealkylation sites (tertiary alicyclic amines) is 1. The van der Waals surface area contributed by atoms with Crippen molar-refractivity contribution in [1.29, 1.82) is 0 Å². The quantitative estimate of drug-likeness (QED) is 0.749. The Morgan fingerprint density at radius 3 is 2.32 bits per heavy atom. The predicted molar refractivity (Wildman–Crippen MR) is 102 cm³/mol. The highest BCUT2D eigenvalue weighted by molar-refractivity contribution is 5.94. The highest BCUT2D eigenvalue weighted by Gasteiger charge is 2.35. The van der Waals surface area contributed by atoms with Gasteiger partial charge in [-0.2, -0.15) is 0 Å². The fraction of sp³-hybridized carbons (Fsp3) is 0.550. The van der Waals surface area contributed by atoms with Crippen LogP contribution in [-0.2, 0) is 14.3 Å². The Labute approximate surface area is 164 Å². The Morgan fingerprint density at radius 1 is 1.11 bits per heavy atom. The van der Waals surface area contributed by atoms with E-state index < -0.39 is 18.1 Å². The zero-order valence-corrected chi connectivity index (χ0v) is 16.1. The zero-order valence-electron chi connectivity index (χ0n) is 16.1. The van der Waals surface area contributed by atoms with Crippen LogP contribution in [0, 0.1) is 0 Å². The van der Waals surface area contributed by atoms with Crippen molar-refractivity contribution >= 4 is 17.7 Å². The second kappa shape index (κ2) is 9.05. The van der Waals surface area contributed by atoms with Gasteiger partial charge in [0.05, 0.1) is 6.61 Å². The standard InChI is InChI=1S/C20H27N3O5/c1-2-27-15-5-3-13(4-6-15)20(26)23-11-9-14(10-12-23)22-19(25)17-8-7-16(28-17)18(21)24/h3-6,14,16-17H,2,7-12H2,1H3,(H2,21,24)(H,22,25)/t16-,17+/m1/s1. The number of ether oxygens (including phenoxy) is 2. The van der Waals surface area contributed by atoms with Gasteiger partial charge in [0.25, 0.3) is 5.91 Å². The summed E-state index contributed by atoms with van der Waals surface area (Å²) < 4.78 is 10.8. The first-order valence-corrected chi connectivity index (χ1v) is 9.75. The summed E-state index contributed by atoms with van der Waals surface area (Å²) in [5.41, 5.74) is 5.85. The second-order valence-corrected chi connectivity index (χ2v) is 7.13. The average Bonchev–Trinajstić information content (AvgIpc) is 3.20. The SMILES string of the molecule is CCOc1ccc(C(=O)N2CCC(NC(=O)[C@@H]3CC[C@H](C(N)=O)O3)CC2)cc1. The molecule has 3 N–H and O–H groups in total. The van der Waals surface area contributed by atoms with Crippen molar-refractivity contribution < 1.29 is 23.9 Å². The maximum atomic E-state index is 12.6. The number of carbonyl (C=O) groups excluding carboxylic acids is 3. The average molecular weight is 389 g/mol. The van der Waals surface area contributed by atoms with Crippen LogP contribution in [0.3, 0.4) is 0 Å². The number of piperidine rings is 1. The molecular formula is C20H27N3O5. The molecule has 2 atom stereocenters. The number of nitrogens with one attached hydrogen (secondary N) is 1. The van der Waals surface area contributed by atoms with Gasteiger partial charge in [-0.3, -0.25) is 14.4 Å². The van der Waals surface area contributed by atoms with E-state index in [0.717, 1.165) is 5.75 Å². The third-order valence-corrected chi connectivity index (χ3v) is 5.17. The van der Waals surface area contributed by atoms with Crippen molar-refractivity contribution in [1.82, 2.24) is 10.2 Å². The molecule has 0 unspecified atom stereocenters. The number of hydrogen-bond acceptors (Lipinski definition) is 5. The molecule has 0 spiro atoms. The van der Waals surface area contributed by atoms with Gasteiger partial charge in [0.2, 0.25) is 11.8 Å². The molecule has 0 aliphatic carbocycles. The number of amides is 3. The van der Waals surface area contributed by atoms with Gasteiger partial charge in [-0.25, -0.2) is 0 Å². The number of hydrogen-bond donors (Lipinski definition) is 2. The predicted octanol–water partition coefficient (Wildman–Crippen LogP) is 0.839. The topological polar surface area (TPSA) is 111 Å². The summed E-state index contributed by atoms with van der Waals surface area (Å²) in [5.74, 6) is -0.0131. The van der Waals surface area contributed by atoms with E-state index in [9.17, 15) is 14.4 Å². The number of nitrogens with two attached hydrogens (primary N) is 1. The zero-order chi connectivity index (χ0) is 20.1. The molecule has 1 aromatic carbocycles. The van der Waals surface area contributed by atoms with Gasteiger partial charge in [-0.05, 0) is 56.9 Å². The fourth-order valence-electron chi connectivity index (χ4n) is 3.60. The highest BCUT2D eigenvalue weighted by Crippen LogP contribution is 2.21. The van der Waals surface area contributed by atoms with E-state index in [1.807, 2.05) is 6.92 Å². The lowest BCUT2D eigenvalue weighted by molar-refractivity contribution is -0.138. The smallest absolute Gasteiger partial charge is 0.253 e. The second-order valence-electron chi connectivity index (χ2n) is 7.13. The van der Waals surface area contributed by atoms with Crippen molar-refractivity contribution in [2.45, 2.75) is 50.9 Å². The summed E-state index contributed by atoms with van der Waals surface area (Å²) in [6, 6.07) is 7.13. The molecule has 2 heterocycles. The minimum atomic E-state index is -0.677. The lowest BCUT2D eigenvalue weighted by Crippen LogP contribution is -2.49. The third kappa shape index (κ3) is 4.81. The van der Waals surface area contributed by atoms with Crippen LogP contribution in [0.15, 0.2) is 24.3 Å². The molecule has 2 fully saturated rings. The van der Waals surface area contributed by atoms with Crippen molar-refractivity contribution in [3.63, 3.8) is 0 Å². The summed E-state index contributed by atoms with van der Waals surface area (Å²) in [4.78, 5) is 37.9. The minimum absolute atomic E-state index is 0.00638.